The van der Waals surface area contributed by atoms with Gasteiger partial charge in [-0.2, -0.15) is 0 Å². The molecule has 0 fully saturated rings. The Kier molecular flexibility index (Phi) is 6.71. The van der Waals surface area contributed by atoms with Gasteiger partial charge in [-0.25, -0.2) is 4.79 Å². The van der Waals surface area contributed by atoms with Gasteiger partial charge < -0.3 is 19.2 Å². The normalized spacial score (nSPS) is 11.8. The Hall–Kier alpha value is -3.51. The third-order valence-corrected chi connectivity index (χ3v) is 4.22. The Morgan fingerprint density at radius 2 is 1.90 bits per heavy atom. The zero-order chi connectivity index (χ0) is 20.6. The van der Waals surface area contributed by atoms with Crippen molar-refractivity contribution in [1.82, 2.24) is 0 Å². The smallest absolute Gasteiger partial charge is 0.332 e. The first kappa shape index (κ1) is 20.2. The summed E-state index contributed by atoms with van der Waals surface area (Å²) in [7, 11) is 1.50. The highest BCUT2D eigenvalue weighted by atomic mass is 35.5. The van der Waals surface area contributed by atoms with Gasteiger partial charge in [0, 0.05) is 17.3 Å². The summed E-state index contributed by atoms with van der Waals surface area (Å²) in [4.78, 5) is 25.1. The quantitative estimate of drug-likeness (QED) is 0.443. The Bertz CT molecular complexity index is 999. The molecule has 0 spiro atoms. The van der Waals surface area contributed by atoms with Crippen LogP contribution in [0.3, 0.4) is 0 Å². The van der Waals surface area contributed by atoms with Gasteiger partial charge in [-0.15, -0.1) is 0 Å². The van der Waals surface area contributed by atoms with Crippen LogP contribution in [0.15, 0.2) is 77.4 Å². The van der Waals surface area contributed by atoms with Crippen LogP contribution in [-0.2, 0) is 14.3 Å². The number of nitrogens with one attached hydrogen (secondary N) is 1. The van der Waals surface area contributed by atoms with Crippen LogP contribution >= 0.6 is 11.6 Å². The molecule has 7 heteroatoms. The molecule has 2 aromatic carbocycles. The molecule has 1 heterocycles. The first-order valence-corrected chi connectivity index (χ1v) is 9.06. The van der Waals surface area contributed by atoms with E-state index in [1.54, 1.807) is 60.7 Å². The molecule has 1 atom stereocenters. The van der Waals surface area contributed by atoms with E-state index < -0.39 is 18.0 Å². The highest BCUT2D eigenvalue weighted by molar-refractivity contribution is 6.32. The van der Waals surface area contributed by atoms with E-state index in [4.69, 9.17) is 25.5 Å². The van der Waals surface area contributed by atoms with E-state index in [0.717, 1.165) is 0 Å². The Morgan fingerprint density at radius 1 is 1.10 bits per heavy atom. The predicted octanol–water partition coefficient (Wildman–Crippen LogP) is 4.88. The minimum Gasteiger partial charge on any atom is -0.495 e. The summed E-state index contributed by atoms with van der Waals surface area (Å²) < 4.78 is 15.6. The van der Waals surface area contributed by atoms with Crippen molar-refractivity contribution in [2.24, 2.45) is 0 Å². The lowest BCUT2D eigenvalue weighted by molar-refractivity contribution is -0.149. The number of esters is 1. The predicted molar refractivity (Wildman–Crippen MR) is 110 cm³/mol. The second-order valence-corrected chi connectivity index (χ2v) is 6.32. The molecule has 3 rings (SSSR count). The van der Waals surface area contributed by atoms with Gasteiger partial charge in [-0.05, 0) is 36.4 Å². The number of methoxy groups -OCH3 is 1. The molecule has 0 aliphatic rings. The fraction of sp³-hybridized carbons (Fsp3) is 0.0909. The molecule has 1 amide bonds. The topological polar surface area (TPSA) is 77.8 Å². The molecule has 0 bridgehead atoms. The largest absolute Gasteiger partial charge is 0.495 e. The van der Waals surface area contributed by atoms with Crippen molar-refractivity contribution in [1.29, 1.82) is 0 Å². The fourth-order valence-corrected chi connectivity index (χ4v) is 2.80. The number of halogens is 1. The van der Waals surface area contributed by atoms with Crippen molar-refractivity contribution in [3.05, 3.63) is 89.3 Å². The van der Waals surface area contributed by atoms with Crippen LogP contribution in [-0.4, -0.2) is 19.0 Å². The maximum absolute atomic E-state index is 12.8. The van der Waals surface area contributed by atoms with E-state index in [2.05, 4.69) is 5.32 Å². The van der Waals surface area contributed by atoms with E-state index in [1.807, 2.05) is 0 Å². The molecule has 0 radical (unpaired) electrons. The second kappa shape index (κ2) is 9.61. The van der Waals surface area contributed by atoms with E-state index in [9.17, 15) is 9.59 Å². The third kappa shape index (κ3) is 5.49. The van der Waals surface area contributed by atoms with Crippen molar-refractivity contribution >= 4 is 35.2 Å². The summed E-state index contributed by atoms with van der Waals surface area (Å²) in [6, 6.07) is 16.9. The third-order valence-electron chi connectivity index (χ3n) is 3.92. The van der Waals surface area contributed by atoms with Gasteiger partial charge >= 0.3 is 5.97 Å². The van der Waals surface area contributed by atoms with Gasteiger partial charge in [-0.3, -0.25) is 4.79 Å². The van der Waals surface area contributed by atoms with E-state index in [0.29, 0.717) is 27.8 Å². The molecule has 1 N–H and O–H groups in total. The maximum Gasteiger partial charge on any atom is 0.332 e. The van der Waals surface area contributed by atoms with E-state index in [-0.39, 0.29) is 0 Å². The fourth-order valence-electron chi connectivity index (χ4n) is 2.54. The first-order valence-electron chi connectivity index (χ1n) is 8.68. The number of anilines is 1. The Morgan fingerprint density at radius 3 is 2.55 bits per heavy atom. The number of furan rings is 1. The highest BCUT2D eigenvalue weighted by Crippen LogP contribution is 2.28. The molecule has 0 aliphatic heterocycles. The summed E-state index contributed by atoms with van der Waals surface area (Å²) in [5, 5.41) is 3.06. The number of carbonyl (C=O) groups is 2. The molecule has 0 saturated heterocycles. The van der Waals surface area contributed by atoms with Gasteiger partial charge in [0.1, 0.15) is 11.5 Å². The van der Waals surface area contributed by atoms with Crippen LogP contribution in [0.1, 0.15) is 17.4 Å². The van der Waals surface area contributed by atoms with Gasteiger partial charge in [0.25, 0.3) is 5.91 Å². The number of rotatable bonds is 7. The minimum absolute atomic E-state index is 0.347. The zero-order valence-electron chi connectivity index (χ0n) is 15.5. The average Bonchev–Trinajstić information content (AvgIpc) is 3.25. The van der Waals surface area contributed by atoms with Crippen molar-refractivity contribution in [3.63, 3.8) is 0 Å². The molecule has 3 aromatic rings. The van der Waals surface area contributed by atoms with E-state index >= 15 is 0 Å². The number of carbonyl (C=O) groups excluding carboxylic acids is 2. The standard InChI is InChI=1S/C22H18ClNO5/c1-27-19-11-9-16(14-18(19)23)24-22(26)21(15-6-3-2-4-7-15)29-20(25)12-10-17-8-5-13-28-17/h2-14,21H,1H3,(H,24,26). The zero-order valence-corrected chi connectivity index (χ0v) is 16.3. The van der Waals surface area contributed by atoms with Crippen LogP contribution in [0.2, 0.25) is 5.02 Å². The van der Waals surface area contributed by atoms with Crippen LogP contribution in [0.25, 0.3) is 6.08 Å². The molecule has 0 aliphatic carbocycles. The molecule has 29 heavy (non-hydrogen) atoms. The van der Waals surface area contributed by atoms with Gasteiger partial charge in [0.15, 0.2) is 0 Å². The van der Waals surface area contributed by atoms with Crippen molar-refractivity contribution in [2.75, 3.05) is 12.4 Å². The number of benzene rings is 2. The number of amides is 1. The monoisotopic (exact) mass is 411 g/mol. The summed E-state index contributed by atoms with van der Waals surface area (Å²) in [5.74, 6) is -0.218. The lowest BCUT2D eigenvalue weighted by Crippen LogP contribution is -2.25. The second-order valence-electron chi connectivity index (χ2n) is 5.91. The maximum atomic E-state index is 12.8. The molecular weight excluding hydrogens is 394 g/mol. The van der Waals surface area contributed by atoms with Crippen LogP contribution in [0.4, 0.5) is 5.69 Å². The SMILES string of the molecule is COc1ccc(NC(=O)C(OC(=O)C=Cc2ccco2)c2ccccc2)cc1Cl. The summed E-state index contributed by atoms with van der Waals surface area (Å²) >= 11 is 6.10. The van der Waals surface area contributed by atoms with Gasteiger partial charge in [-0.1, -0.05) is 41.9 Å². The highest BCUT2D eigenvalue weighted by Gasteiger charge is 2.24. The van der Waals surface area contributed by atoms with E-state index in [1.165, 1.54) is 25.5 Å². The molecule has 1 unspecified atom stereocenters. The first-order chi connectivity index (χ1) is 14.1. The van der Waals surface area contributed by atoms with Gasteiger partial charge in [0.2, 0.25) is 6.10 Å². The Balaban J connectivity index is 1.77. The van der Waals surface area contributed by atoms with Crippen molar-refractivity contribution in [3.8, 4) is 5.75 Å². The molecule has 148 valence electrons. The number of ether oxygens (including phenoxy) is 2. The number of hydrogen-bond donors (Lipinski definition) is 1. The molecule has 1 aromatic heterocycles. The summed E-state index contributed by atoms with van der Waals surface area (Å²) in [6.45, 7) is 0. The molecule has 6 nitrogen and oxygen atoms in total. The molecular formula is C22H18ClNO5. The van der Waals surface area contributed by atoms with Crippen molar-refractivity contribution < 1.29 is 23.5 Å². The molecule has 0 saturated carbocycles. The van der Waals surface area contributed by atoms with Crippen LogP contribution in [0.5, 0.6) is 5.75 Å². The Labute approximate surface area is 172 Å². The lowest BCUT2D eigenvalue weighted by Gasteiger charge is -2.17. The lowest BCUT2D eigenvalue weighted by atomic mass is 10.1. The van der Waals surface area contributed by atoms with Crippen molar-refractivity contribution in [2.45, 2.75) is 6.10 Å². The summed E-state index contributed by atoms with van der Waals surface area (Å²) in [5.41, 5.74) is 0.980. The van der Waals surface area contributed by atoms with Crippen LogP contribution < -0.4 is 10.1 Å². The van der Waals surface area contributed by atoms with Crippen LogP contribution in [0, 0.1) is 0 Å². The minimum atomic E-state index is -1.15. The summed E-state index contributed by atoms with van der Waals surface area (Å²) in [6.07, 6.45) is 3.01. The number of hydrogen-bond acceptors (Lipinski definition) is 5. The average molecular weight is 412 g/mol. The van der Waals surface area contributed by atoms with Gasteiger partial charge in [0.05, 0.1) is 18.4 Å².